The Morgan fingerprint density at radius 3 is 2.21 bits per heavy atom. The average Bonchev–Trinajstić information content (AvgIpc) is 3.06. The van der Waals surface area contributed by atoms with Crippen LogP contribution in [0.2, 0.25) is 0 Å². The Balaban J connectivity index is 1.67. The molecule has 0 bridgehead atoms. The molecule has 10 atom stereocenters. The summed E-state index contributed by atoms with van der Waals surface area (Å²) < 4.78 is 0. The maximum Gasteiger partial charge on any atom is 0.0595 e. The second kappa shape index (κ2) is 8.30. The first-order chi connectivity index (χ1) is 15.5. The fourth-order valence-corrected chi connectivity index (χ4v) is 10.2. The minimum Gasteiger partial charge on any atom is -0.393 e. The average molecular weight is 477 g/mol. The molecule has 4 heteroatoms. The van der Waals surface area contributed by atoms with Gasteiger partial charge in [-0.2, -0.15) is 0 Å². The molecule has 0 aliphatic heterocycles. The van der Waals surface area contributed by atoms with E-state index < -0.39 is 11.7 Å². The molecule has 4 fully saturated rings. The van der Waals surface area contributed by atoms with Gasteiger partial charge in [-0.15, -0.1) is 0 Å². The van der Waals surface area contributed by atoms with Gasteiger partial charge < -0.3 is 20.4 Å². The van der Waals surface area contributed by atoms with Crippen LogP contribution in [-0.2, 0) is 0 Å². The molecule has 4 aliphatic rings. The maximum atomic E-state index is 11.7. The van der Waals surface area contributed by atoms with Crippen molar-refractivity contribution in [2.45, 2.75) is 131 Å². The summed E-state index contributed by atoms with van der Waals surface area (Å²) in [7, 11) is 0. The van der Waals surface area contributed by atoms with Crippen molar-refractivity contribution >= 4 is 0 Å². The van der Waals surface area contributed by atoms with E-state index >= 15 is 0 Å². The van der Waals surface area contributed by atoms with E-state index in [2.05, 4.69) is 47.6 Å². The van der Waals surface area contributed by atoms with Gasteiger partial charge in [0.1, 0.15) is 0 Å². The van der Waals surface area contributed by atoms with Crippen LogP contribution in [0.25, 0.3) is 0 Å². The molecule has 4 rings (SSSR count). The van der Waals surface area contributed by atoms with Crippen LogP contribution in [-0.4, -0.2) is 44.3 Å². The van der Waals surface area contributed by atoms with Gasteiger partial charge in [0.05, 0.1) is 23.9 Å². The summed E-state index contributed by atoms with van der Waals surface area (Å²) in [6.45, 7) is 17.4. The van der Waals surface area contributed by atoms with Gasteiger partial charge in [-0.05, 0) is 117 Å². The van der Waals surface area contributed by atoms with Crippen LogP contribution in [0.4, 0.5) is 0 Å². The molecule has 4 nitrogen and oxygen atoms in total. The highest BCUT2D eigenvalue weighted by atomic mass is 16.3. The van der Waals surface area contributed by atoms with Crippen LogP contribution in [0, 0.1) is 45.3 Å². The Hall–Kier alpha value is -0.420. The van der Waals surface area contributed by atoms with Crippen LogP contribution in [0.5, 0.6) is 0 Å². The van der Waals surface area contributed by atoms with Gasteiger partial charge in [0, 0.05) is 0 Å². The van der Waals surface area contributed by atoms with Gasteiger partial charge >= 0.3 is 0 Å². The van der Waals surface area contributed by atoms with Crippen LogP contribution in [0.1, 0.15) is 107 Å². The van der Waals surface area contributed by atoms with Crippen molar-refractivity contribution < 1.29 is 20.4 Å². The number of aliphatic hydroxyl groups excluding tert-OH is 3. The Bertz CT molecular complexity index is 811. The van der Waals surface area contributed by atoms with Crippen molar-refractivity contribution in [1.29, 1.82) is 0 Å². The van der Waals surface area contributed by atoms with E-state index in [1.807, 2.05) is 13.8 Å². The maximum absolute atomic E-state index is 11.7. The zero-order chi connectivity index (χ0) is 25.5. The van der Waals surface area contributed by atoms with E-state index in [0.29, 0.717) is 11.8 Å². The predicted octanol–water partition coefficient (Wildman–Crippen LogP) is 5.47. The second-order valence-corrected chi connectivity index (χ2v) is 14.8. The van der Waals surface area contributed by atoms with Gasteiger partial charge in [0.25, 0.3) is 0 Å². The minimum absolute atomic E-state index is 0.0273. The van der Waals surface area contributed by atoms with Gasteiger partial charge in [0.2, 0.25) is 0 Å². The lowest BCUT2D eigenvalue weighted by molar-refractivity contribution is -0.270. The van der Waals surface area contributed by atoms with Crippen LogP contribution >= 0.6 is 0 Å². The summed E-state index contributed by atoms with van der Waals surface area (Å²) in [6, 6.07) is 0. The Labute approximate surface area is 208 Å². The topological polar surface area (TPSA) is 80.9 Å². The van der Waals surface area contributed by atoms with E-state index in [-0.39, 0.29) is 45.7 Å². The standard InChI is InChI=1S/C30H52O4/c1-18(10-9-13-26(2,3)34)19-11-15-29(7)24(19)20(31)16-22-28(6)14-12-23(33)27(4,5)25(28)21(32)17-30(22,29)8/h10,19-25,31-34H,9,11-17H2,1-8H3/b18-10+/t19-,20-,21+,22-,23+,24+,25+,28-,29-,30-/m1/s1. The predicted molar refractivity (Wildman–Crippen MR) is 137 cm³/mol. The first-order valence-electron chi connectivity index (χ1n) is 13.9. The van der Waals surface area contributed by atoms with E-state index in [9.17, 15) is 20.4 Å². The van der Waals surface area contributed by atoms with Crippen molar-refractivity contribution in [2.24, 2.45) is 45.3 Å². The second-order valence-electron chi connectivity index (χ2n) is 14.8. The van der Waals surface area contributed by atoms with Gasteiger partial charge in [-0.3, -0.25) is 0 Å². The first kappa shape index (κ1) is 26.6. The molecular formula is C30H52O4. The molecule has 0 aromatic rings. The number of hydrogen-bond acceptors (Lipinski definition) is 4. The minimum atomic E-state index is -0.655. The smallest absolute Gasteiger partial charge is 0.0595 e. The number of rotatable bonds is 4. The molecule has 4 saturated carbocycles. The lowest BCUT2D eigenvalue weighted by Gasteiger charge is -2.71. The fraction of sp³-hybridized carbons (Fsp3) is 0.933. The zero-order valence-corrected chi connectivity index (χ0v) is 23.1. The summed E-state index contributed by atoms with van der Waals surface area (Å²) in [5, 5.41) is 44.4. The summed E-state index contributed by atoms with van der Waals surface area (Å²) in [4.78, 5) is 0. The Morgan fingerprint density at radius 2 is 1.59 bits per heavy atom. The molecule has 0 heterocycles. The van der Waals surface area contributed by atoms with Crippen LogP contribution in [0.15, 0.2) is 11.6 Å². The van der Waals surface area contributed by atoms with E-state index in [1.165, 1.54) is 5.57 Å². The molecule has 0 aromatic carbocycles. The molecule has 0 spiro atoms. The molecule has 0 amide bonds. The molecule has 4 aliphatic carbocycles. The van der Waals surface area contributed by atoms with E-state index in [0.717, 1.165) is 51.4 Å². The summed E-state index contributed by atoms with van der Waals surface area (Å²) in [5.74, 6) is 0.970. The molecule has 0 aromatic heterocycles. The van der Waals surface area contributed by atoms with Crippen molar-refractivity contribution in [3.63, 3.8) is 0 Å². The molecule has 0 unspecified atom stereocenters. The SMILES string of the molecule is C/C(=C\CCC(C)(C)O)[C@H]1CC[C@]2(C)[C@@H]1[C@H](O)C[C@@H]1[C@@]3(C)CC[C@H](O)C(C)(C)[C@@H]3[C@@H](O)C[C@]12C. The normalized spacial score (nSPS) is 50.9. The van der Waals surface area contributed by atoms with Crippen LogP contribution < -0.4 is 0 Å². The first-order valence-corrected chi connectivity index (χ1v) is 13.9. The highest BCUT2D eigenvalue weighted by Gasteiger charge is 2.72. The third-order valence-corrected chi connectivity index (χ3v) is 12.1. The van der Waals surface area contributed by atoms with Gasteiger partial charge in [-0.1, -0.05) is 46.3 Å². The number of allylic oxidation sites excluding steroid dienone is 2. The van der Waals surface area contributed by atoms with Gasteiger partial charge in [0.15, 0.2) is 0 Å². The number of fused-ring (bicyclic) bond motifs is 5. The third kappa shape index (κ3) is 3.76. The highest BCUT2D eigenvalue weighted by molar-refractivity contribution is 5.23. The highest BCUT2D eigenvalue weighted by Crippen LogP contribution is 2.75. The molecule has 4 N–H and O–H groups in total. The third-order valence-electron chi connectivity index (χ3n) is 12.1. The molecule has 0 radical (unpaired) electrons. The lowest BCUT2D eigenvalue weighted by atomic mass is 9.34. The van der Waals surface area contributed by atoms with Crippen molar-refractivity contribution in [3.8, 4) is 0 Å². The fourth-order valence-electron chi connectivity index (χ4n) is 10.2. The van der Waals surface area contributed by atoms with Crippen molar-refractivity contribution in [3.05, 3.63) is 11.6 Å². The monoisotopic (exact) mass is 476 g/mol. The number of hydrogen-bond donors (Lipinski definition) is 4. The van der Waals surface area contributed by atoms with Crippen molar-refractivity contribution in [1.82, 2.24) is 0 Å². The van der Waals surface area contributed by atoms with E-state index in [4.69, 9.17) is 0 Å². The largest absolute Gasteiger partial charge is 0.393 e. The summed E-state index contributed by atoms with van der Waals surface area (Å²) >= 11 is 0. The van der Waals surface area contributed by atoms with E-state index in [1.54, 1.807) is 0 Å². The zero-order valence-electron chi connectivity index (χ0n) is 23.1. The molecule has 0 saturated heterocycles. The number of aliphatic hydroxyl groups is 4. The Morgan fingerprint density at radius 1 is 0.941 bits per heavy atom. The molecular weight excluding hydrogens is 424 g/mol. The summed E-state index contributed by atoms with van der Waals surface area (Å²) in [6.07, 6.45) is 8.21. The quantitative estimate of drug-likeness (QED) is 0.406. The lowest BCUT2D eigenvalue weighted by Crippen LogP contribution is -2.69. The van der Waals surface area contributed by atoms with Crippen LogP contribution in [0.3, 0.4) is 0 Å². The molecule has 196 valence electrons. The van der Waals surface area contributed by atoms with Crippen molar-refractivity contribution in [2.75, 3.05) is 0 Å². The molecule has 34 heavy (non-hydrogen) atoms. The Kier molecular flexibility index (Phi) is 6.50. The summed E-state index contributed by atoms with van der Waals surface area (Å²) in [5.41, 5.74) is 0.232. The van der Waals surface area contributed by atoms with Gasteiger partial charge in [-0.25, -0.2) is 0 Å².